The zero-order valence-corrected chi connectivity index (χ0v) is 10.6. The van der Waals surface area contributed by atoms with Crippen molar-refractivity contribution in [3.05, 3.63) is 35.7 Å². The number of H-pyrrole nitrogens is 1. The maximum atomic E-state index is 11.9. The van der Waals surface area contributed by atoms with Crippen LogP contribution in [0.2, 0.25) is 0 Å². The fraction of sp³-hybridized carbons (Fsp3) is 0.250. The van der Waals surface area contributed by atoms with Crippen LogP contribution < -0.4 is 10.2 Å². The number of nitrogens with one attached hydrogen (secondary N) is 2. The fourth-order valence-electron chi connectivity index (χ4n) is 1.53. The van der Waals surface area contributed by atoms with E-state index >= 15 is 0 Å². The maximum Gasteiger partial charge on any atom is 0.278 e. The third-order valence-corrected chi connectivity index (χ3v) is 2.58. The van der Waals surface area contributed by atoms with E-state index in [0.717, 1.165) is 11.4 Å². The van der Waals surface area contributed by atoms with E-state index in [2.05, 4.69) is 20.7 Å². The number of carbonyl (C=O) groups excluding carboxylic acids is 1. The number of aryl methyl sites for hydroxylation is 1. The Morgan fingerprint density at radius 1 is 1.22 bits per heavy atom. The number of hydrogen-bond acceptors (Lipinski definition) is 4. The molecule has 0 aliphatic carbocycles. The molecule has 0 unspecified atom stereocenters. The summed E-state index contributed by atoms with van der Waals surface area (Å²) in [7, 11) is 3.93. The lowest BCUT2D eigenvalue weighted by atomic mass is 10.2. The van der Waals surface area contributed by atoms with Crippen LogP contribution in [-0.4, -0.2) is 35.4 Å². The minimum Gasteiger partial charge on any atom is -0.378 e. The molecule has 1 heterocycles. The van der Waals surface area contributed by atoms with E-state index < -0.39 is 0 Å². The van der Waals surface area contributed by atoms with Gasteiger partial charge in [-0.05, 0) is 31.2 Å². The van der Waals surface area contributed by atoms with Gasteiger partial charge in [-0.15, -0.1) is 0 Å². The van der Waals surface area contributed by atoms with Crippen LogP contribution in [-0.2, 0) is 0 Å². The number of carbonyl (C=O) groups is 1. The molecule has 0 bridgehead atoms. The number of amides is 1. The number of rotatable bonds is 3. The van der Waals surface area contributed by atoms with Gasteiger partial charge < -0.3 is 10.2 Å². The summed E-state index contributed by atoms with van der Waals surface area (Å²) in [5.74, 6) is -0.265. The normalized spacial score (nSPS) is 10.2. The highest BCUT2D eigenvalue weighted by atomic mass is 16.2. The van der Waals surface area contributed by atoms with Gasteiger partial charge in [-0.3, -0.25) is 4.79 Å². The second-order valence-electron chi connectivity index (χ2n) is 4.15. The third kappa shape index (κ3) is 2.48. The van der Waals surface area contributed by atoms with Crippen molar-refractivity contribution in [3.63, 3.8) is 0 Å². The highest BCUT2D eigenvalue weighted by Gasteiger charge is 2.13. The van der Waals surface area contributed by atoms with Gasteiger partial charge in [0.25, 0.3) is 5.91 Å². The zero-order valence-electron chi connectivity index (χ0n) is 10.6. The highest BCUT2D eigenvalue weighted by molar-refractivity contribution is 6.03. The highest BCUT2D eigenvalue weighted by Crippen LogP contribution is 2.16. The van der Waals surface area contributed by atoms with Crippen LogP contribution in [0, 0.1) is 6.92 Å². The van der Waals surface area contributed by atoms with Gasteiger partial charge in [0, 0.05) is 25.5 Å². The Morgan fingerprint density at radius 3 is 2.39 bits per heavy atom. The molecule has 1 aromatic carbocycles. The van der Waals surface area contributed by atoms with Crippen LogP contribution in [0.5, 0.6) is 0 Å². The van der Waals surface area contributed by atoms with E-state index in [1.54, 1.807) is 6.92 Å². The molecule has 6 nitrogen and oxygen atoms in total. The first-order valence-electron chi connectivity index (χ1n) is 5.54. The molecule has 2 rings (SSSR count). The number of benzene rings is 1. The molecule has 1 amide bonds. The molecule has 6 heteroatoms. The molecule has 2 aromatic rings. The second kappa shape index (κ2) is 4.87. The molecule has 18 heavy (non-hydrogen) atoms. The molecule has 0 spiro atoms. The van der Waals surface area contributed by atoms with Crippen molar-refractivity contribution < 1.29 is 4.79 Å². The first-order chi connectivity index (χ1) is 8.58. The molecule has 2 N–H and O–H groups in total. The molecule has 0 radical (unpaired) electrons. The predicted octanol–water partition coefficient (Wildman–Crippen LogP) is 1.43. The maximum absolute atomic E-state index is 11.9. The summed E-state index contributed by atoms with van der Waals surface area (Å²) >= 11 is 0. The molecule has 1 aromatic heterocycles. The van der Waals surface area contributed by atoms with E-state index in [1.165, 1.54) is 0 Å². The predicted molar refractivity (Wildman–Crippen MR) is 69.8 cm³/mol. The number of aromatic amines is 1. The summed E-state index contributed by atoms with van der Waals surface area (Å²) in [5.41, 5.74) is 2.70. The van der Waals surface area contributed by atoms with Crippen LogP contribution in [0.15, 0.2) is 24.3 Å². The van der Waals surface area contributed by atoms with Crippen molar-refractivity contribution >= 4 is 17.3 Å². The molecule has 0 aliphatic rings. The lowest BCUT2D eigenvalue weighted by molar-refractivity contribution is 0.102. The zero-order chi connectivity index (χ0) is 13.1. The van der Waals surface area contributed by atoms with Gasteiger partial charge in [-0.25, -0.2) is 0 Å². The lowest BCUT2D eigenvalue weighted by Crippen LogP contribution is -2.14. The van der Waals surface area contributed by atoms with Crippen molar-refractivity contribution in [1.29, 1.82) is 0 Å². The van der Waals surface area contributed by atoms with Crippen molar-refractivity contribution in [2.75, 3.05) is 24.3 Å². The molecule has 0 saturated carbocycles. The molecule has 0 fully saturated rings. The minimum absolute atomic E-state index is 0.265. The standard InChI is InChI=1S/C12H15N5O/c1-8-11(15-16-14-8)12(18)13-9-4-6-10(7-5-9)17(2)3/h4-7H,1-3H3,(H,13,18)(H,14,15,16). The van der Waals surface area contributed by atoms with Gasteiger partial charge in [-0.1, -0.05) is 0 Å². The minimum atomic E-state index is -0.265. The Labute approximate surface area is 105 Å². The summed E-state index contributed by atoms with van der Waals surface area (Å²) in [5, 5.41) is 12.8. The van der Waals surface area contributed by atoms with Crippen LogP contribution in [0.3, 0.4) is 0 Å². The smallest absolute Gasteiger partial charge is 0.278 e. The van der Waals surface area contributed by atoms with E-state index in [0.29, 0.717) is 11.4 Å². The van der Waals surface area contributed by atoms with Gasteiger partial charge in [0.1, 0.15) is 0 Å². The Hall–Kier alpha value is -2.37. The van der Waals surface area contributed by atoms with Crippen molar-refractivity contribution in [1.82, 2.24) is 15.4 Å². The van der Waals surface area contributed by atoms with E-state index in [1.807, 2.05) is 43.3 Å². The van der Waals surface area contributed by atoms with E-state index in [-0.39, 0.29) is 5.91 Å². The quantitative estimate of drug-likeness (QED) is 0.858. The van der Waals surface area contributed by atoms with Gasteiger partial charge in [0.2, 0.25) is 0 Å². The molecule has 94 valence electrons. The Balaban J connectivity index is 2.10. The summed E-state index contributed by atoms with van der Waals surface area (Å²) in [4.78, 5) is 13.9. The van der Waals surface area contributed by atoms with E-state index in [9.17, 15) is 4.79 Å². The van der Waals surface area contributed by atoms with Gasteiger partial charge in [0.05, 0.1) is 5.69 Å². The van der Waals surface area contributed by atoms with Crippen molar-refractivity contribution in [2.45, 2.75) is 6.92 Å². The Bertz CT molecular complexity index is 544. The first kappa shape index (κ1) is 12.1. The van der Waals surface area contributed by atoms with Crippen molar-refractivity contribution in [3.8, 4) is 0 Å². The van der Waals surface area contributed by atoms with Crippen LogP contribution in [0.25, 0.3) is 0 Å². The van der Waals surface area contributed by atoms with Gasteiger partial charge in [0.15, 0.2) is 5.69 Å². The molecule has 0 saturated heterocycles. The van der Waals surface area contributed by atoms with Crippen LogP contribution in [0.4, 0.5) is 11.4 Å². The number of nitrogens with zero attached hydrogens (tertiary/aromatic N) is 3. The van der Waals surface area contributed by atoms with E-state index in [4.69, 9.17) is 0 Å². The molecule has 0 atom stereocenters. The summed E-state index contributed by atoms with van der Waals surface area (Å²) in [6.45, 7) is 1.73. The first-order valence-corrected chi connectivity index (χ1v) is 5.54. The average molecular weight is 245 g/mol. The molecular formula is C12H15N5O. The monoisotopic (exact) mass is 245 g/mol. The Morgan fingerprint density at radius 2 is 1.89 bits per heavy atom. The number of hydrogen-bond donors (Lipinski definition) is 2. The lowest BCUT2D eigenvalue weighted by Gasteiger charge is -2.12. The van der Waals surface area contributed by atoms with Crippen LogP contribution in [0.1, 0.15) is 16.2 Å². The average Bonchev–Trinajstić information content (AvgIpc) is 2.76. The summed E-state index contributed by atoms with van der Waals surface area (Å²) in [6, 6.07) is 7.57. The molecular weight excluding hydrogens is 230 g/mol. The number of aromatic nitrogens is 3. The fourth-order valence-corrected chi connectivity index (χ4v) is 1.53. The Kier molecular flexibility index (Phi) is 3.27. The summed E-state index contributed by atoms with van der Waals surface area (Å²) < 4.78 is 0. The summed E-state index contributed by atoms with van der Waals surface area (Å²) in [6.07, 6.45) is 0. The van der Waals surface area contributed by atoms with Crippen LogP contribution >= 0.6 is 0 Å². The van der Waals surface area contributed by atoms with Gasteiger partial charge >= 0.3 is 0 Å². The molecule has 0 aliphatic heterocycles. The second-order valence-corrected chi connectivity index (χ2v) is 4.15. The van der Waals surface area contributed by atoms with Crippen molar-refractivity contribution in [2.24, 2.45) is 0 Å². The largest absolute Gasteiger partial charge is 0.378 e. The number of anilines is 2. The third-order valence-electron chi connectivity index (χ3n) is 2.58. The topological polar surface area (TPSA) is 73.9 Å². The van der Waals surface area contributed by atoms with Gasteiger partial charge in [-0.2, -0.15) is 15.4 Å². The SMILES string of the molecule is Cc1n[nH]nc1C(=O)Nc1ccc(N(C)C)cc1.